The molecule has 168 valence electrons. The average Bonchev–Trinajstić information content (AvgIpc) is 3.09. The number of esters is 1. The Bertz CT molecular complexity index is 1370. The number of hydrogen-bond acceptors (Lipinski definition) is 5. The van der Waals surface area contributed by atoms with Gasteiger partial charge < -0.3 is 9.64 Å². The highest BCUT2D eigenvalue weighted by molar-refractivity contribution is 7.90. The lowest BCUT2D eigenvalue weighted by atomic mass is 9.94. The second-order valence-electron chi connectivity index (χ2n) is 7.94. The van der Waals surface area contributed by atoms with Crippen molar-refractivity contribution < 1.29 is 22.3 Å². The first-order chi connectivity index (χ1) is 15.6. The van der Waals surface area contributed by atoms with Crippen LogP contribution < -0.4 is 4.90 Å². The van der Waals surface area contributed by atoms with E-state index in [1.165, 1.54) is 36.4 Å². The Labute approximate surface area is 192 Å². The van der Waals surface area contributed by atoms with Crippen molar-refractivity contribution >= 4 is 38.7 Å². The molecule has 1 aliphatic heterocycles. The van der Waals surface area contributed by atoms with Gasteiger partial charge in [-0.2, -0.15) is 0 Å². The molecular weight excluding hydrogens is 441 g/mol. The minimum absolute atomic E-state index is 0.172. The van der Waals surface area contributed by atoms with Crippen LogP contribution in [0.25, 0.3) is 17.2 Å². The molecule has 0 fully saturated rings. The van der Waals surface area contributed by atoms with Crippen molar-refractivity contribution in [2.75, 3.05) is 25.3 Å². The minimum Gasteiger partial charge on any atom is -0.422 e. The zero-order chi connectivity index (χ0) is 23.8. The second-order valence-corrected chi connectivity index (χ2v) is 9.95. The molecule has 0 aliphatic carbocycles. The van der Waals surface area contributed by atoms with Crippen LogP contribution in [0.2, 0.25) is 0 Å². The third-order valence-electron chi connectivity index (χ3n) is 5.31. The van der Waals surface area contributed by atoms with Gasteiger partial charge in [0.1, 0.15) is 11.6 Å². The maximum absolute atomic E-state index is 13.5. The number of cyclic esters (lactones) is 1. The Morgan fingerprint density at radius 3 is 1.91 bits per heavy atom. The molecule has 0 spiro atoms. The first kappa shape index (κ1) is 22.5. The molecule has 0 N–H and O–H groups in total. The number of benzene rings is 3. The zero-order valence-corrected chi connectivity index (χ0v) is 19.2. The van der Waals surface area contributed by atoms with Crippen LogP contribution >= 0.6 is 0 Å². The molecule has 0 aromatic heterocycles. The van der Waals surface area contributed by atoms with E-state index in [0.717, 1.165) is 17.5 Å². The number of rotatable bonds is 5. The molecule has 0 radical (unpaired) electrons. The molecule has 3 aromatic rings. The summed E-state index contributed by atoms with van der Waals surface area (Å²) in [4.78, 5) is 15.0. The number of ether oxygens (including phenoxy) is 1. The fourth-order valence-corrected chi connectivity index (χ4v) is 4.21. The Balaban J connectivity index is 1.87. The number of carbonyl (C=O) groups is 1. The Morgan fingerprint density at radius 1 is 0.818 bits per heavy atom. The topological polar surface area (TPSA) is 63.7 Å². The summed E-state index contributed by atoms with van der Waals surface area (Å²) < 4.78 is 42.9. The third kappa shape index (κ3) is 4.73. The summed E-state index contributed by atoms with van der Waals surface area (Å²) in [5.41, 5.74) is 3.79. The fourth-order valence-electron chi connectivity index (χ4n) is 3.58. The van der Waals surface area contributed by atoms with Gasteiger partial charge in [-0.25, -0.2) is 17.6 Å². The van der Waals surface area contributed by atoms with Gasteiger partial charge in [0.15, 0.2) is 9.84 Å². The van der Waals surface area contributed by atoms with Crippen molar-refractivity contribution in [2.45, 2.75) is 4.90 Å². The van der Waals surface area contributed by atoms with Crippen LogP contribution in [0.5, 0.6) is 0 Å². The zero-order valence-electron chi connectivity index (χ0n) is 18.4. The van der Waals surface area contributed by atoms with Gasteiger partial charge in [-0.3, -0.25) is 0 Å². The molecule has 0 atom stereocenters. The quantitative estimate of drug-likeness (QED) is 0.509. The van der Waals surface area contributed by atoms with Crippen LogP contribution in [-0.2, 0) is 19.4 Å². The summed E-state index contributed by atoms with van der Waals surface area (Å²) >= 11 is 0. The molecule has 33 heavy (non-hydrogen) atoms. The standard InChI is InChI=1S/C26H22FNO4S/c1-28(2)21-12-4-17(5-13-21)16-23-24(18-8-14-22(15-9-18)33(3,30)31)25(26(29)32-23)19-6-10-20(27)11-7-19/h4-16H,1-3H3/b23-16-. The molecule has 0 saturated carbocycles. The number of allylic oxidation sites excluding steroid dienone is 1. The van der Waals surface area contributed by atoms with Gasteiger partial charge in [-0.1, -0.05) is 36.4 Å². The summed E-state index contributed by atoms with van der Waals surface area (Å²) in [7, 11) is 0.521. The van der Waals surface area contributed by atoms with E-state index < -0.39 is 21.6 Å². The maximum Gasteiger partial charge on any atom is 0.344 e. The first-order valence-corrected chi connectivity index (χ1v) is 12.0. The van der Waals surface area contributed by atoms with Crippen LogP contribution in [0.15, 0.2) is 83.5 Å². The number of carbonyl (C=O) groups excluding carboxylic acids is 1. The molecule has 0 unspecified atom stereocenters. The van der Waals surface area contributed by atoms with Crippen molar-refractivity contribution in [3.63, 3.8) is 0 Å². The van der Waals surface area contributed by atoms with E-state index in [9.17, 15) is 17.6 Å². The van der Waals surface area contributed by atoms with E-state index >= 15 is 0 Å². The van der Waals surface area contributed by atoms with Gasteiger partial charge in [-0.05, 0) is 59.2 Å². The van der Waals surface area contributed by atoms with Crippen molar-refractivity contribution in [1.29, 1.82) is 0 Å². The maximum atomic E-state index is 13.5. The van der Waals surface area contributed by atoms with Gasteiger partial charge in [0, 0.05) is 31.6 Å². The molecule has 4 rings (SSSR count). The van der Waals surface area contributed by atoms with E-state index in [1.807, 2.05) is 43.3 Å². The Hall–Kier alpha value is -3.71. The number of nitrogens with zero attached hydrogens (tertiary/aromatic N) is 1. The van der Waals surface area contributed by atoms with Crippen molar-refractivity contribution in [3.8, 4) is 0 Å². The predicted octanol–water partition coefficient (Wildman–Crippen LogP) is 4.80. The van der Waals surface area contributed by atoms with E-state index in [-0.39, 0.29) is 4.90 Å². The average molecular weight is 464 g/mol. The molecule has 3 aromatic carbocycles. The SMILES string of the molecule is CN(C)c1ccc(/C=C2\OC(=O)C(c3ccc(F)cc3)=C2c2ccc(S(C)(=O)=O)cc2)cc1. The first-order valence-electron chi connectivity index (χ1n) is 10.2. The van der Waals surface area contributed by atoms with Gasteiger partial charge in [-0.15, -0.1) is 0 Å². The lowest BCUT2D eigenvalue weighted by molar-refractivity contribution is -0.131. The summed E-state index contributed by atoms with van der Waals surface area (Å²) in [6, 6.07) is 19.6. The van der Waals surface area contributed by atoms with Gasteiger partial charge in [0.25, 0.3) is 0 Å². The normalized spacial score (nSPS) is 15.2. The smallest absolute Gasteiger partial charge is 0.344 e. The fraction of sp³-hybridized carbons (Fsp3) is 0.115. The minimum atomic E-state index is -3.37. The highest BCUT2D eigenvalue weighted by Crippen LogP contribution is 2.41. The molecule has 0 amide bonds. The molecule has 5 nitrogen and oxygen atoms in total. The lowest BCUT2D eigenvalue weighted by Gasteiger charge is -2.12. The Morgan fingerprint density at radius 2 is 1.36 bits per heavy atom. The lowest BCUT2D eigenvalue weighted by Crippen LogP contribution is -2.07. The molecule has 1 heterocycles. The van der Waals surface area contributed by atoms with Crippen LogP contribution in [0.3, 0.4) is 0 Å². The number of hydrogen-bond donors (Lipinski definition) is 0. The van der Waals surface area contributed by atoms with Crippen molar-refractivity contribution in [3.05, 3.63) is 101 Å². The molecule has 0 saturated heterocycles. The monoisotopic (exact) mass is 463 g/mol. The second kappa shape index (κ2) is 8.67. The number of sulfone groups is 1. The van der Waals surface area contributed by atoms with E-state index in [1.54, 1.807) is 18.2 Å². The van der Waals surface area contributed by atoms with E-state index in [4.69, 9.17) is 4.74 Å². The molecular formula is C26H22FNO4S. The van der Waals surface area contributed by atoms with E-state index in [2.05, 4.69) is 0 Å². The van der Waals surface area contributed by atoms with Gasteiger partial charge in [0.2, 0.25) is 0 Å². The van der Waals surface area contributed by atoms with Crippen LogP contribution in [0.4, 0.5) is 10.1 Å². The summed E-state index contributed by atoms with van der Waals surface area (Å²) in [5.74, 6) is -0.634. The summed E-state index contributed by atoms with van der Waals surface area (Å²) in [6.45, 7) is 0. The summed E-state index contributed by atoms with van der Waals surface area (Å²) in [5, 5.41) is 0. The third-order valence-corrected chi connectivity index (χ3v) is 6.44. The van der Waals surface area contributed by atoms with Crippen LogP contribution in [-0.4, -0.2) is 34.7 Å². The molecule has 1 aliphatic rings. The summed E-state index contributed by atoms with van der Waals surface area (Å²) in [6.07, 6.45) is 2.89. The Kier molecular flexibility index (Phi) is 5.91. The van der Waals surface area contributed by atoms with Gasteiger partial charge >= 0.3 is 5.97 Å². The predicted molar refractivity (Wildman–Crippen MR) is 128 cm³/mol. The molecule has 0 bridgehead atoms. The van der Waals surface area contributed by atoms with Crippen LogP contribution in [0.1, 0.15) is 16.7 Å². The highest BCUT2D eigenvalue weighted by atomic mass is 32.2. The van der Waals surface area contributed by atoms with E-state index in [0.29, 0.717) is 28.0 Å². The van der Waals surface area contributed by atoms with Crippen molar-refractivity contribution in [2.24, 2.45) is 0 Å². The number of halogens is 1. The number of anilines is 1. The van der Waals surface area contributed by atoms with Crippen molar-refractivity contribution in [1.82, 2.24) is 0 Å². The highest BCUT2D eigenvalue weighted by Gasteiger charge is 2.32. The molecule has 7 heteroatoms. The van der Waals surface area contributed by atoms with Gasteiger partial charge in [0.05, 0.1) is 10.5 Å². The van der Waals surface area contributed by atoms with Crippen LogP contribution in [0, 0.1) is 5.82 Å². The largest absolute Gasteiger partial charge is 0.422 e.